The summed E-state index contributed by atoms with van der Waals surface area (Å²) in [6.07, 6.45) is -3.03. The molecule has 4 rings (SSSR count). The van der Waals surface area contributed by atoms with E-state index in [1.807, 2.05) is 0 Å². The van der Waals surface area contributed by atoms with Crippen LogP contribution in [0.15, 0.2) is 45.5 Å². The Morgan fingerprint density at radius 3 is 2.79 bits per heavy atom. The fraction of sp³-hybridized carbons (Fsp3) is 0.250. The average Bonchev–Trinajstić information content (AvgIpc) is 3.47. The molecule has 0 saturated carbocycles. The second kappa shape index (κ2) is 8.97. The van der Waals surface area contributed by atoms with Gasteiger partial charge in [0, 0.05) is 12.5 Å². The molecule has 1 unspecified atom stereocenters. The highest BCUT2D eigenvalue weighted by Crippen LogP contribution is 2.30. The zero-order valence-corrected chi connectivity index (χ0v) is 17.7. The van der Waals surface area contributed by atoms with Gasteiger partial charge in [-0.1, -0.05) is 12.1 Å². The van der Waals surface area contributed by atoms with Gasteiger partial charge < -0.3 is 24.0 Å². The van der Waals surface area contributed by atoms with E-state index in [0.717, 1.165) is 12.1 Å². The maximum Gasteiger partial charge on any atom is 0.573 e. The van der Waals surface area contributed by atoms with E-state index in [4.69, 9.17) is 8.83 Å². The number of hydrogen-bond donors (Lipinski definition) is 2. The quantitative estimate of drug-likeness (QED) is 0.408. The third-order valence-electron chi connectivity index (χ3n) is 4.28. The molecule has 1 aromatic carbocycles. The summed E-state index contributed by atoms with van der Waals surface area (Å²) < 4.78 is 52.4. The normalized spacial score (nSPS) is 12.5. The number of halogens is 3. The topological polar surface area (TPSA) is 141 Å². The predicted octanol–water partition coefficient (Wildman–Crippen LogP) is 3.48. The first kappa shape index (κ1) is 23.0. The minimum Gasteiger partial charge on any atom is -0.441 e. The molecule has 11 nitrogen and oxygen atoms in total. The predicted molar refractivity (Wildman–Crippen MR) is 108 cm³/mol. The number of nitrogens with zero attached hydrogens (tertiary/aromatic N) is 5. The number of oxazole rings is 2. The first-order chi connectivity index (χ1) is 16.1. The number of aryl methyl sites for hydroxylation is 1. The van der Waals surface area contributed by atoms with Crippen molar-refractivity contribution in [2.24, 2.45) is 0 Å². The number of aromatic nitrogens is 5. The third kappa shape index (κ3) is 5.40. The average molecular weight is 478 g/mol. The number of hydrogen-bond acceptors (Lipinski definition) is 9. The standard InChI is InChI=1S/C20H17F3N6O5/c1-10(30)19-24-7-14(33-19)9-29-25-8-15(28-29)27-18(31)16-17(32-11(2)26-16)12-4-3-5-13(6-12)34-20(21,22)23/h3-8,10,30H,9H2,1-2H3,(H,27,28,31). The number of benzene rings is 1. The van der Waals surface area contributed by atoms with Crippen molar-refractivity contribution in [1.29, 1.82) is 0 Å². The SMILES string of the molecule is Cc1nc(C(=O)Nc2cnn(Cc3cnc(C(C)O)o3)n2)c(-c2cccc(OC(F)(F)F)c2)o1. The molecule has 2 N–H and O–H groups in total. The third-order valence-corrected chi connectivity index (χ3v) is 4.28. The van der Waals surface area contributed by atoms with Crippen LogP contribution in [0.25, 0.3) is 11.3 Å². The molecule has 0 spiro atoms. The zero-order valence-electron chi connectivity index (χ0n) is 17.7. The van der Waals surface area contributed by atoms with E-state index >= 15 is 0 Å². The number of anilines is 1. The monoisotopic (exact) mass is 478 g/mol. The van der Waals surface area contributed by atoms with Gasteiger partial charge in [0.2, 0.25) is 5.89 Å². The minimum atomic E-state index is -4.87. The summed E-state index contributed by atoms with van der Waals surface area (Å²) in [5.74, 6) is -0.473. The van der Waals surface area contributed by atoms with Crippen molar-refractivity contribution in [1.82, 2.24) is 25.0 Å². The zero-order chi connectivity index (χ0) is 24.5. The van der Waals surface area contributed by atoms with Gasteiger partial charge in [0.05, 0.1) is 12.4 Å². The summed E-state index contributed by atoms with van der Waals surface area (Å²) in [4.78, 5) is 22.0. The van der Waals surface area contributed by atoms with Crippen molar-refractivity contribution < 1.29 is 36.6 Å². The van der Waals surface area contributed by atoms with E-state index in [-0.39, 0.29) is 41.2 Å². The van der Waals surface area contributed by atoms with Gasteiger partial charge in [-0.25, -0.2) is 9.97 Å². The number of aliphatic hydroxyl groups is 1. The Hall–Kier alpha value is -4.20. The van der Waals surface area contributed by atoms with Crippen molar-refractivity contribution in [3.63, 3.8) is 0 Å². The number of nitrogens with one attached hydrogen (secondary N) is 1. The van der Waals surface area contributed by atoms with Crippen LogP contribution in [0, 0.1) is 6.92 Å². The molecule has 0 fully saturated rings. The second-order valence-corrected chi connectivity index (χ2v) is 7.04. The number of ether oxygens (including phenoxy) is 1. The summed E-state index contributed by atoms with van der Waals surface area (Å²) in [7, 11) is 0. The Labute approximate surface area is 189 Å². The summed E-state index contributed by atoms with van der Waals surface area (Å²) >= 11 is 0. The van der Waals surface area contributed by atoms with Crippen LogP contribution in [0.3, 0.4) is 0 Å². The highest BCUT2D eigenvalue weighted by Gasteiger charge is 2.31. The lowest BCUT2D eigenvalue weighted by Crippen LogP contribution is -2.17. The van der Waals surface area contributed by atoms with E-state index < -0.39 is 24.1 Å². The molecule has 178 valence electrons. The van der Waals surface area contributed by atoms with Gasteiger partial charge >= 0.3 is 6.36 Å². The number of rotatable bonds is 7. The molecule has 3 heterocycles. The molecule has 0 radical (unpaired) electrons. The highest BCUT2D eigenvalue weighted by molar-refractivity contribution is 6.06. The molecular weight excluding hydrogens is 461 g/mol. The number of alkyl halides is 3. The van der Waals surface area contributed by atoms with Crippen LogP contribution in [0.1, 0.15) is 41.1 Å². The van der Waals surface area contributed by atoms with Crippen molar-refractivity contribution in [2.75, 3.05) is 5.32 Å². The Morgan fingerprint density at radius 2 is 2.09 bits per heavy atom. The maximum absolute atomic E-state index is 12.8. The summed E-state index contributed by atoms with van der Waals surface area (Å²) in [5, 5.41) is 20.1. The molecule has 3 aromatic heterocycles. The van der Waals surface area contributed by atoms with Crippen LogP contribution >= 0.6 is 0 Å². The van der Waals surface area contributed by atoms with E-state index in [2.05, 4.69) is 30.2 Å². The number of aliphatic hydroxyl groups excluding tert-OH is 1. The molecule has 0 aliphatic carbocycles. The van der Waals surface area contributed by atoms with Gasteiger partial charge in [0.25, 0.3) is 5.91 Å². The maximum atomic E-state index is 12.8. The Balaban J connectivity index is 1.50. The van der Waals surface area contributed by atoms with E-state index in [1.54, 1.807) is 0 Å². The lowest BCUT2D eigenvalue weighted by Gasteiger charge is -2.09. The van der Waals surface area contributed by atoms with Crippen molar-refractivity contribution in [2.45, 2.75) is 32.9 Å². The van der Waals surface area contributed by atoms with Gasteiger partial charge in [-0.15, -0.1) is 18.3 Å². The van der Waals surface area contributed by atoms with Crippen molar-refractivity contribution >= 4 is 11.7 Å². The van der Waals surface area contributed by atoms with E-state index in [1.165, 1.54) is 43.2 Å². The van der Waals surface area contributed by atoms with Crippen LogP contribution in [0.2, 0.25) is 0 Å². The largest absolute Gasteiger partial charge is 0.573 e. The molecule has 34 heavy (non-hydrogen) atoms. The molecule has 1 atom stereocenters. The summed E-state index contributed by atoms with van der Waals surface area (Å²) in [6.45, 7) is 3.09. The van der Waals surface area contributed by atoms with E-state index in [9.17, 15) is 23.1 Å². The van der Waals surface area contributed by atoms with Crippen LogP contribution < -0.4 is 10.1 Å². The van der Waals surface area contributed by atoms with Gasteiger partial charge in [0.15, 0.2) is 23.2 Å². The molecule has 0 aliphatic heterocycles. The van der Waals surface area contributed by atoms with Gasteiger partial charge in [0.1, 0.15) is 24.2 Å². The lowest BCUT2D eigenvalue weighted by atomic mass is 10.1. The second-order valence-electron chi connectivity index (χ2n) is 7.04. The smallest absolute Gasteiger partial charge is 0.441 e. The fourth-order valence-electron chi connectivity index (χ4n) is 2.95. The molecule has 14 heteroatoms. The van der Waals surface area contributed by atoms with Gasteiger partial charge in [-0.3, -0.25) is 4.79 Å². The Bertz CT molecular complexity index is 1310. The first-order valence-electron chi connectivity index (χ1n) is 9.75. The summed E-state index contributed by atoms with van der Waals surface area (Å²) in [6, 6.07) is 4.99. The van der Waals surface area contributed by atoms with Crippen LogP contribution in [0.4, 0.5) is 19.0 Å². The lowest BCUT2D eigenvalue weighted by molar-refractivity contribution is -0.274. The molecule has 4 aromatic rings. The number of amides is 1. The van der Waals surface area contributed by atoms with E-state index in [0.29, 0.717) is 5.76 Å². The van der Waals surface area contributed by atoms with Gasteiger partial charge in [-0.2, -0.15) is 9.90 Å². The number of carbonyl (C=O) groups excluding carboxylic acids is 1. The minimum absolute atomic E-state index is 0.0395. The first-order valence-corrected chi connectivity index (χ1v) is 9.75. The highest BCUT2D eigenvalue weighted by atomic mass is 19.4. The van der Waals surface area contributed by atoms with Crippen LogP contribution in [0.5, 0.6) is 5.75 Å². The van der Waals surface area contributed by atoms with Crippen LogP contribution in [-0.2, 0) is 6.54 Å². The Kier molecular flexibility index (Phi) is 6.06. The number of carbonyl (C=O) groups is 1. The molecular formula is C20H17F3N6O5. The molecule has 0 aliphatic rings. The van der Waals surface area contributed by atoms with Gasteiger partial charge in [-0.05, 0) is 19.1 Å². The van der Waals surface area contributed by atoms with Crippen LogP contribution in [-0.4, -0.2) is 42.3 Å². The Morgan fingerprint density at radius 1 is 1.29 bits per heavy atom. The molecule has 0 saturated heterocycles. The fourth-order valence-corrected chi connectivity index (χ4v) is 2.95. The van der Waals surface area contributed by atoms with Crippen molar-refractivity contribution in [3.05, 3.63) is 59.9 Å². The summed E-state index contributed by atoms with van der Waals surface area (Å²) in [5.41, 5.74) is 0.00316. The molecule has 0 bridgehead atoms. The molecule has 1 amide bonds. The van der Waals surface area contributed by atoms with Crippen molar-refractivity contribution in [3.8, 4) is 17.1 Å².